The average molecular weight is 352 g/mol. The van der Waals surface area contributed by atoms with Crippen molar-refractivity contribution in [3.63, 3.8) is 0 Å². The fourth-order valence-corrected chi connectivity index (χ4v) is 3.11. The third-order valence-electron chi connectivity index (χ3n) is 3.60. The quantitative estimate of drug-likeness (QED) is 0.780. The molecule has 0 spiro atoms. The van der Waals surface area contributed by atoms with Gasteiger partial charge in [-0.2, -0.15) is 0 Å². The van der Waals surface area contributed by atoms with Crippen LogP contribution in [0.15, 0.2) is 16.6 Å². The van der Waals surface area contributed by atoms with Gasteiger partial charge in [-0.1, -0.05) is 23.2 Å². The molecule has 2 atom stereocenters. The normalized spacial score (nSPS) is 25.2. The highest BCUT2D eigenvalue weighted by Gasteiger charge is 2.23. The van der Waals surface area contributed by atoms with Gasteiger partial charge in [-0.25, -0.2) is 0 Å². The first-order valence-corrected chi connectivity index (χ1v) is 7.64. The first kappa shape index (κ1) is 14.4. The summed E-state index contributed by atoms with van der Waals surface area (Å²) in [6.45, 7) is 3.37. The van der Waals surface area contributed by atoms with E-state index in [9.17, 15) is 0 Å². The SMILES string of the molecule is CC1CC(Nc2ccc(Br)c(Cl)c2Cl)CCN1C. The van der Waals surface area contributed by atoms with Crippen LogP contribution in [0.3, 0.4) is 0 Å². The molecule has 1 aliphatic heterocycles. The van der Waals surface area contributed by atoms with Crippen molar-refractivity contribution in [2.24, 2.45) is 0 Å². The highest BCUT2D eigenvalue weighted by molar-refractivity contribution is 9.10. The molecule has 18 heavy (non-hydrogen) atoms. The topological polar surface area (TPSA) is 15.3 Å². The van der Waals surface area contributed by atoms with Gasteiger partial charge in [0.25, 0.3) is 0 Å². The van der Waals surface area contributed by atoms with Gasteiger partial charge < -0.3 is 10.2 Å². The van der Waals surface area contributed by atoms with Crippen molar-refractivity contribution in [3.05, 3.63) is 26.7 Å². The van der Waals surface area contributed by atoms with Gasteiger partial charge in [0.2, 0.25) is 0 Å². The first-order chi connectivity index (χ1) is 8.49. The Morgan fingerprint density at radius 2 is 2.06 bits per heavy atom. The number of anilines is 1. The van der Waals surface area contributed by atoms with E-state index in [1.54, 1.807) is 0 Å². The van der Waals surface area contributed by atoms with E-state index in [1.807, 2.05) is 12.1 Å². The average Bonchev–Trinajstić information content (AvgIpc) is 2.34. The number of benzene rings is 1. The Hall–Kier alpha value is 0.0400. The van der Waals surface area contributed by atoms with Crippen LogP contribution in [0.4, 0.5) is 5.69 Å². The fourth-order valence-electron chi connectivity index (χ4n) is 2.28. The van der Waals surface area contributed by atoms with Crippen molar-refractivity contribution in [2.45, 2.75) is 31.8 Å². The summed E-state index contributed by atoms with van der Waals surface area (Å²) in [6, 6.07) is 4.96. The molecule has 0 amide bonds. The maximum absolute atomic E-state index is 6.25. The van der Waals surface area contributed by atoms with Crippen LogP contribution in [0.1, 0.15) is 19.8 Å². The highest BCUT2D eigenvalue weighted by Crippen LogP contribution is 2.36. The third kappa shape index (κ3) is 3.13. The Morgan fingerprint density at radius 3 is 2.72 bits per heavy atom. The van der Waals surface area contributed by atoms with Gasteiger partial charge in [-0.05, 0) is 54.9 Å². The van der Waals surface area contributed by atoms with Crippen LogP contribution in [0.5, 0.6) is 0 Å². The van der Waals surface area contributed by atoms with Gasteiger partial charge in [0, 0.05) is 23.1 Å². The molecule has 1 heterocycles. The lowest BCUT2D eigenvalue weighted by molar-refractivity contribution is 0.190. The Bertz CT molecular complexity index is 439. The minimum Gasteiger partial charge on any atom is -0.381 e. The predicted octanol–water partition coefficient (Wildman–Crippen LogP) is 4.65. The van der Waals surface area contributed by atoms with Crippen molar-refractivity contribution < 1.29 is 0 Å². The van der Waals surface area contributed by atoms with E-state index in [-0.39, 0.29) is 0 Å². The van der Waals surface area contributed by atoms with Crippen LogP contribution < -0.4 is 5.32 Å². The molecule has 1 N–H and O–H groups in total. The maximum atomic E-state index is 6.25. The Labute approximate surface area is 127 Å². The van der Waals surface area contributed by atoms with Gasteiger partial charge in [0.05, 0.1) is 15.7 Å². The summed E-state index contributed by atoms with van der Waals surface area (Å²) < 4.78 is 0.830. The summed E-state index contributed by atoms with van der Waals surface area (Å²) in [4.78, 5) is 2.38. The number of nitrogens with zero attached hydrogens (tertiary/aromatic N) is 1. The Kier molecular flexibility index (Phi) is 4.81. The second-order valence-corrected chi connectivity index (χ2v) is 6.53. The van der Waals surface area contributed by atoms with E-state index in [4.69, 9.17) is 23.2 Å². The molecular formula is C13H17BrCl2N2. The largest absolute Gasteiger partial charge is 0.381 e. The molecule has 1 aromatic carbocycles. The van der Waals surface area contributed by atoms with E-state index >= 15 is 0 Å². The number of hydrogen-bond acceptors (Lipinski definition) is 2. The van der Waals surface area contributed by atoms with Crippen molar-refractivity contribution >= 4 is 44.8 Å². The van der Waals surface area contributed by atoms with Gasteiger partial charge in [0.15, 0.2) is 0 Å². The molecule has 5 heteroatoms. The summed E-state index contributed by atoms with van der Waals surface area (Å²) >= 11 is 15.7. The minimum atomic E-state index is 0.464. The molecule has 100 valence electrons. The smallest absolute Gasteiger partial charge is 0.0835 e. The number of likely N-dealkylation sites (tertiary alicyclic amines) is 1. The molecular weight excluding hydrogens is 335 g/mol. The summed E-state index contributed by atoms with van der Waals surface area (Å²) in [5, 5.41) is 4.67. The lowest BCUT2D eigenvalue weighted by atomic mass is 9.99. The molecule has 0 aliphatic carbocycles. The molecule has 1 fully saturated rings. The summed E-state index contributed by atoms with van der Waals surface area (Å²) in [5.74, 6) is 0. The maximum Gasteiger partial charge on any atom is 0.0835 e. The predicted molar refractivity (Wildman–Crippen MR) is 82.9 cm³/mol. The van der Waals surface area contributed by atoms with E-state index in [2.05, 4.69) is 40.1 Å². The van der Waals surface area contributed by atoms with E-state index < -0.39 is 0 Å². The molecule has 0 saturated carbocycles. The molecule has 1 saturated heterocycles. The second-order valence-electron chi connectivity index (χ2n) is 4.92. The van der Waals surface area contributed by atoms with Crippen molar-refractivity contribution in [2.75, 3.05) is 18.9 Å². The third-order valence-corrected chi connectivity index (χ3v) is 5.37. The highest BCUT2D eigenvalue weighted by atomic mass is 79.9. The van der Waals surface area contributed by atoms with E-state index in [0.717, 1.165) is 29.5 Å². The molecule has 2 nitrogen and oxygen atoms in total. The van der Waals surface area contributed by atoms with Crippen LogP contribution in [-0.2, 0) is 0 Å². The van der Waals surface area contributed by atoms with Crippen LogP contribution in [0, 0.1) is 0 Å². The van der Waals surface area contributed by atoms with Gasteiger partial charge in [0.1, 0.15) is 0 Å². The summed E-state index contributed by atoms with van der Waals surface area (Å²) in [5.41, 5.74) is 0.923. The van der Waals surface area contributed by atoms with Gasteiger partial charge >= 0.3 is 0 Å². The Balaban J connectivity index is 2.08. The standard InChI is InChI=1S/C13H17BrCl2N2/c1-8-7-9(5-6-18(8)2)17-11-4-3-10(14)12(15)13(11)16/h3-4,8-9,17H,5-7H2,1-2H3. The Morgan fingerprint density at radius 1 is 1.33 bits per heavy atom. The molecule has 1 aromatic rings. The minimum absolute atomic E-state index is 0.464. The lowest BCUT2D eigenvalue weighted by Gasteiger charge is -2.36. The molecule has 2 rings (SSSR count). The lowest BCUT2D eigenvalue weighted by Crippen LogP contribution is -2.42. The van der Waals surface area contributed by atoms with E-state index in [0.29, 0.717) is 22.1 Å². The monoisotopic (exact) mass is 350 g/mol. The van der Waals surface area contributed by atoms with Gasteiger partial charge in [-0.15, -0.1) is 0 Å². The zero-order chi connectivity index (χ0) is 13.3. The molecule has 1 aliphatic rings. The number of hydrogen-bond donors (Lipinski definition) is 1. The zero-order valence-corrected chi connectivity index (χ0v) is 13.6. The first-order valence-electron chi connectivity index (χ1n) is 6.09. The van der Waals surface area contributed by atoms with Crippen LogP contribution >= 0.6 is 39.1 Å². The number of piperidine rings is 1. The molecule has 0 radical (unpaired) electrons. The summed E-state index contributed by atoms with van der Waals surface area (Å²) in [6.07, 6.45) is 2.26. The number of nitrogens with one attached hydrogen (secondary N) is 1. The van der Waals surface area contributed by atoms with Crippen molar-refractivity contribution in [3.8, 4) is 0 Å². The summed E-state index contributed by atoms with van der Waals surface area (Å²) in [7, 11) is 2.17. The van der Waals surface area contributed by atoms with Crippen LogP contribution in [-0.4, -0.2) is 30.6 Å². The number of halogens is 3. The molecule has 0 bridgehead atoms. The number of rotatable bonds is 2. The molecule has 0 aromatic heterocycles. The van der Waals surface area contributed by atoms with Crippen LogP contribution in [0.25, 0.3) is 0 Å². The van der Waals surface area contributed by atoms with E-state index in [1.165, 1.54) is 0 Å². The molecule has 2 unspecified atom stereocenters. The second kappa shape index (κ2) is 6.00. The van der Waals surface area contributed by atoms with Crippen LogP contribution in [0.2, 0.25) is 10.0 Å². The van der Waals surface area contributed by atoms with Crippen molar-refractivity contribution in [1.29, 1.82) is 0 Å². The zero-order valence-electron chi connectivity index (χ0n) is 10.5. The van der Waals surface area contributed by atoms with Gasteiger partial charge in [-0.3, -0.25) is 0 Å². The fraction of sp³-hybridized carbons (Fsp3) is 0.538. The van der Waals surface area contributed by atoms with Crippen molar-refractivity contribution in [1.82, 2.24) is 4.90 Å².